The molecule has 0 fully saturated rings. The minimum atomic E-state index is -0.392. The van der Waals surface area contributed by atoms with E-state index >= 15 is 0 Å². The Morgan fingerprint density at radius 1 is 0.510 bits per heavy atom. The van der Waals surface area contributed by atoms with Crippen molar-refractivity contribution in [1.82, 2.24) is 9.13 Å². The van der Waals surface area contributed by atoms with Crippen molar-refractivity contribution in [2.45, 2.75) is 18.3 Å². The van der Waals surface area contributed by atoms with Gasteiger partial charge < -0.3 is 9.13 Å². The summed E-state index contributed by atoms with van der Waals surface area (Å²) in [6.45, 7) is 0. The lowest BCUT2D eigenvalue weighted by atomic mass is 9.63. The molecule has 228 valence electrons. The summed E-state index contributed by atoms with van der Waals surface area (Å²) in [6.07, 6.45) is 8.88. The van der Waals surface area contributed by atoms with Crippen LogP contribution in [0, 0.1) is 0 Å². The first-order valence-corrected chi connectivity index (χ1v) is 17.4. The fraction of sp³-hybridized carbons (Fsp3) is 0.0638. The predicted molar refractivity (Wildman–Crippen MR) is 205 cm³/mol. The number of allylic oxidation sites excluding steroid dienone is 4. The van der Waals surface area contributed by atoms with Crippen molar-refractivity contribution in [2.24, 2.45) is 0 Å². The maximum atomic E-state index is 2.54. The minimum Gasteiger partial charge on any atom is -0.313 e. The molecular formula is C47H30N2. The molecule has 0 amide bonds. The molecule has 0 aliphatic heterocycles. The van der Waals surface area contributed by atoms with E-state index in [1.807, 2.05) is 0 Å². The number of fused-ring (bicyclic) bond motifs is 7. The Hall–Kier alpha value is -6.12. The minimum absolute atomic E-state index is 0.392. The number of hydrogen-bond acceptors (Lipinski definition) is 0. The lowest BCUT2D eigenvalue weighted by Gasteiger charge is -2.37. The highest BCUT2D eigenvalue weighted by atomic mass is 15.0. The number of para-hydroxylation sites is 1. The van der Waals surface area contributed by atoms with E-state index < -0.39 is 5.41 Å². The van der Waals surface area contributed by atoms with Gasteiger partial charge in [0.1, 0.15) is 0 Å². The van der Waals surface area contributed by atoms with Crippen LogP contribution in [-0.4, -0.2) is 9.13 Å². The van der Waals surface area contributed by atoms with Gasteiger partial charge in [0, 0.05) is 32.9 Å². The van der Waals surface area contributed by atoms with E-state index in [-0.39, 0.29) is 0 Å². The van der Waals surface area contributed by atoms with Crippen LogP contribution in [0.1, 0.15) is 35.1 Å². The Morgan fingerprint density at radius 2 is 1.31 bits per heavy atom. The molecule has 49 heavy (non-hydrogen) atoms. The Balaban J connectivity index is 1.26. The molecular weight excluding hydrogens is 593 g/mol. The van der Waals surface area contributed by atoms with Crippen LogP contribution in [0.2, 0.25) is 0 Å². The van der Waals surface area contributed by atoms with Gasteiger partial charge in [0.15, 0.2) is 0 Å². The van der Waals surface area contributed by atoms with E-state index in [2.05, 4.69) is 167 Å². The van der Waals surface area contributed by atoms with E-state index in [0.717, 1.165) is 12.8 Å². The Kier molecular flexibility index (Phi) is 4.79. The van der Waals surface area contributed by atoms with Gasteiger partial charge in [-0.05, 0) is 93.4 Å². The number of benzene rings is 7. The summed E-state index contributed by atoms with van der Waals surface area (Å²) in [7, 11) is 0. The van der Waals surface area contributed by atoms with Crippen molar-refractivity contribution in [2.75, 3.05) is 0 Å². The van der Waals surface area contributed by atoms with E-state index in [1.165, 1.54) is 99.1 Å². The zero-order valence-electron chi connectivity index (χ0n) is 26.8. The number of hydrogen-bond donors (Lipinski definition) is 0. The van der Waals surface area contributed by atoms with Gasteiger partial charge in [-0.2, -0.15) is 0 Å². The Labute approximate surface area is 283 Å². The summed E-state index contributed by atoms with van der Waals surface area (Å²) in [6, 6.07) is 52.8. The predicted octanol–water partition coefficient (Wildman–Crippen LogP) is 11.9. The van der Waals surface area contributed by atoms with Gasteiger partial charge >= 0.3 is 0 Å². The monoisotopic (exact) mass is 622 g/mol. The Morgan fingerprint density at radius 3 is 2.22 bits per heavy atom. The van der Waals surface area contributed by atoms with E-state index in [0.29, 0.717) is 0 Å². The standard InChI is InChI=1S/C47H30N2/c1-3-13-30(14-4-1)47-37-19-9-7-17-33(37)36-25-27-41-45(46(36)47)44-40(26-22-29-12-11-20-38(47)43(29)44)49(41)32-23-24-35-34-18-8-10-21-39(34)48(42(35)28-32)31-15-5-2-6-16-31/h1-5,7-15,17-28H,6,16H2. The second-order valence-electron chi connectivity index (χ2n) is 13.9. The van der Waals surface area contributed by atoms with Crippen LogP contribution < -0.4 is 0 Å². The molecule has 2 aromatic heterocycles. The number of rotatable bonds is 3. The molecule has 12 rings (SSSR count). The molecule has 0 saturated carbocycles. The average Bonchev–Trinajstić information content (AvgIpc) is 3.79. The van der Waals surface area contributed by atoms with Gasteiger partial charge in [-0.3, -0.25) is 0 Å². The molecule has 0 bridgehead atoms. The molecule has 0 N–H and O–H groups in total. The third kappa shape index (κ3) is 3.00. The van der Waals surface area contributed by atoms with Crippen LogP contribution >= 0.6 is 0 Å². The first-order valence-electron chi connectivity index (χ1n) is 17.4. The zero-order valence-corrected chi connectivity index (χ0v) is 26.8. The summed E-state index contributed by atoms with van der Waals surface area (Å²) in [5, 5.41) is 8.04. The highest BCUT2D eigenvalue weighted by Crippen LogP contribution is 2.63. The summed E-state index contributed by atoms with van der Waals surface area (Å²) in [4.78, 5) is 0. The van der Waals surface area contributed by atoms with Crippen LogP contribution in [0.25, 0.3) is 76.9 Å². The van der Waals surface area contributed by atoms with Crippen molar-refractivity contribution < 1.29 is 0 Å². The van der Waals surface area contributed by atoms with Crippen LogP contribution in [0.3, 0.4) is 0 Å². The maximum absolute atomic E-state index is 2.54. The van der Waals surface area contributed by atoms with Crippen LogP contribution in [0.15, 0.2) is 158 Å². The first-order chi connectivity index (χ1) is 24.3. The summed E-state index contributed by atoms with van der Waals surface area (Å²) < 4.78 is 5.05. The molecule has 1 unspecified atom stereocenters. The Bertz CT molecular complexity index is 2980. The third-order valence-electron chi connectivity index (χ3n) is 11.7. The number of nitrogens with zero attached hydrogens (tertiary/aromatic N) is 2. The molecule has 9 aromatic rings. The molecule has 2 nitrogen and oxygen atoms in total. The first kappa shape index (κ1) is 25.9. The largest absolute Gasteiger partial charge is 0.313 e. The molecule has 2 heteroatoms. The normalized spacial score (nSPS) is 17.3. The molecule has 3 aliphatic rings. The third-order valence-corrected chi connectivity index (χ3v) is 11.7. The highest BCUT2D eigenvalue weighted by molar-refractivity contribution is 6.28. The average molecular weight is 623 g/mol. The van der Waals surface area contributed by atoms with E-state index in [9.17, 15) is 0 Å². The molecule has 0 spiro atoms. The topological polar surface area (TPSA) is 9.86 Å². The van der Waals surface area contributed by atoms with Gasteiger partial charge in [-0.15, -0.1) is 0 Å². The number of aromatic nitrogens is 2. The summed E-state index contributed by atoms with van der Waals surface area (Å²) >= 11 is 0. The fourth-order valence-corrected chi connectivity index (χ4v) is 9.96. The molecule has 1 atom stereocenters. The van der Waals surface area contributed by atoms with E-state index in [4.69, 9.17) is 0 Å². The lowest BCUT2D eigenvalue weighted by Crippen LogP contribution is -2.30. The van der Waals surface area contributed by atoms with Crippen molar-refractivity contribution in [3.05, 3.63) is 180 Å². The van der Waals surface area contributed by atoms with E-state index in [1.54, 1.807) is 0 Å². The molecule has 0 saturated heterocycles. The van der Waals surface area contributed by atoms with Crippen LogP contribution in [0.5, 0.6) is 0 Å². The lowest BCUT2D eigenvalue weighted by molar-refractivity contribution is 0.782. The van der Waals surface area contributed by atoms with Gasteiger partial charge in [0.25, 0.3) is 0 Å². The fourth-order valence-electron chi connectivity index (χ4n) is 9.96. The molecule has 2 heterocycles. The molecule has 0 radical (unpaired) electrons. The molecule has 7 aromatic carbocycles. The van der Waals surface area contributed by atoms with Crippen molar-refractivity contribution >= 4 is 60.1 Å². The molecule has 3 aliphatic carbocycles. The highest BCUT2D eigenvalue weighted by Gasteiger charge is 2.50. The zero-order chi connectivity index (χ0) is 31.8. The van der Waals surface area contributed by atoms with Crippen molar-refractivity contribution in [3.8, 4) is 16.8 Å². The SMILES string of the molecule is C1=CCCC(n2c3ccccc3c3ccc(-n4c5ccc6c7c5c5c8c(cccc8ccc54)C7(c4ccccc4)c4ccccc4-6)cc32)=C1. The van der Waals surface area contributed by atoms with Crippen LogP contribution in [0.4, 0.5) is 0 Å². The van der Waals surface area contributed by atoms with Gasteiger partial charge in [-0.1, -0.05) is 121 Å². The quantitative estimate of drug-likeness (QED) is 0.186. The van der Waals surface area contributed by atoms with Gasteiger partial charge in [-0.25, -0.2) is 0 Å². The van der Waals surface area contributed by atoms with Crippen molar-refractivity contribution in [3.63, 3.8) is 0 Å². The maximum Gasteiger partial charge on any atom is 0.0726 e. The van der Waals surface area contributed by atoms with Gasteiger partial charge in [0.2, 0.25) is 0 Å². The van der Waals surface area contributed by atoms with Gasteiger partial charge in [0.05, 0.1) is 27.5 Å². The second kappa shape index (κ2) is 9.06. The summed E-state index contributed by atoms with van der Waals surface area (Å²) in [5.74, 6) is 0. The smallest absolute Gasteiger partial charge is 0.0726 e. The second-order valence-corrected chi connectivity index (χ2v) is 13.9. The van der Waals surface area contributed by atoms with Crippen LogP contribution in [-0.2, 0) is 5.41 Å². The van der Waals surface area contributed by atoms with Crippen molar-refractivity contribution in [1.29, 1.82) is 0 Å². The summed E-state index contributed by atoms with van der Waals surface area (Å²) in [5.41, 5.74) is 15.5.